The second kappa shape index (κ2) is 21.4. The average Bonchev–Trinajstić information content (AvgIpc) is 3.33. The third-order valence-corrected chi connectivity index (χ3v) is 15.0. The number of benzene rings is 6. The highest BCUT2D eigenvalue weighted by atomic mass is 32.2. The standard InChI is InChI=1S/C49H53N11O6S3/c1-5-59(6-2)32-22-24-41(57-55-39-26-28-45(68(61,62)63)37-20-14-12-18-35(37)39)43(30-32)50-47-52-48(54-49(53-47)67-34-16-10-9-11-17-34)51-44-31-33(60(7-3)8-4)23-25-42(44)58-56-40-27-29-46(69(64,65)66)38-21-15-13-19-36(38)40/h12-15,18-31,34H,5-11,16-17H2,1-4H3,(H,61,62,63)(H,64,65,66)(H2,50,51,52,53,54). The summed E-state index contributed by atoms with van der Waals surface area (Å²) in [4.78, 5) is 18.8. The number of thioether (sulfide) groups is 1. The Bertz CT molecular complexity index is 3080. The van der Waals surface area contributed by atoms with Crippen molar-refractivity contribution in [1.82, 2.24) is 15.0 Å². The number of rotatable bonds is 18. The maximum Gasteiger partial charge on any atom is 0.295 e. The van der Waals surface area contributed by atoms with E-state index >= 15 is 0 Å². The molecule has 0 atom stereocenters. The molecular formula is C49H53N11O6S3. The number of aromatic nitrogens is 3. The Morgan fingerprint density at radius 2 is 0.928 bits per heavy atom. The van der Waals surface area contributed by atoms with Crippen molar-refractivity contribution in [3.05, 3.63) is 109 Å². The van der Waals surface area contributed by atoms with Crippen molar-refractivity contribution in [2.24, 2.45) is 20.5 Å². The predicted octanol–water partition coefficient (Wildman–Crippen LogP) is 13.1. The zero-order valence-electron chi connectivity index (χ0n) is 38.6. The van der Waals surface area contributed by atoms with Crippen LogP contribution in [0.2, 0.25) is 0 Å². The normalized spacial score (nSPS) is 13.7. The molecule has 8 rings (SSSR count). The van der Waals surface area contributed by atoms with Gasteiger partial charge in [0.25, 0.3) is 20.2 Å². The minimum absolute atomic E-state index is 0.222. The lowest BCUT2D eigenvalue weighted by Crippen LogP contribution is -2.21. The molecule has 358 valence electrons. The van der Waals surface area contributed by atoms with Crippen LogP contribution in [0.4, 0.5) is 57.4 Å². The van der Waals surface area contributed by atoms with Crippen molar-refractivity contribution >= 4 is 111 Å². The maximum absolute atomic E-state index is 12.2. The summed E-state index contributed by atoms with van der Waals surface area (Å²) in [5.74, 6) is 0.491. The molecule has 1 saturated carbocycles. The molecule has 0 aliphatic heterocycles. The smallest absolute Gasteiger partial charge is 0.295 e. The van der Waals surface area contributed by atoms with Crippen LogP contribution in [-0.4, -0.2) is 72.3 Å². The van der Waals surface area contributed by atoms with E-state index in [2.05, 4.69) is 68.6 Å². The summed E-state index contributed by atoms with van der Waals surface area (Å²) in [6, 6.07) is 30.8. The van der Waals surface area contributed by atoms with Gasteiger partial charge in [0.2, 0.25) is 11.9 Å². The van der Waals surface area contributed by atoms with E-state index in [9.17, 15) is 25.9 Å². The summed E-state index contributed by atoms with van der Waals surface area (Å²) < 4.78 is 68.8. The highest BCUT2D eigenvalue weighted by Crippen LogP contribution is 2.40. The molecule has 0 bridgehead atoms. The van der Waals surface area contributed by atoms with Crippen LogP contribution in [0.25, 0.3) is 21.5 Å². The Balaban J connectivity index is 1.21. The van der Waals surface area contributed by atoms with Gasteiger partial charge in [-0.15, -0.1) is 20.5 Å². The first-order valence-electron chi connectivity index (χ1n) is 22.8. The monoisotopic (exact) mass is 987 g/mol. The Morgan fingerprint density at radius 1 is 0.536 bits per heavy atom. The van der Waals surface area contributed by atoms with Gasteiger partial charge in [-0.05, 0) is 101 Å². The second-order valence-electron chi connectivity index (χ2n) is 16.2. The van der Waals surface area contributed by atoms with E-state index < -0.39 is 20.2 Å². The molecule has 1 heterocycles. The minimum atomic E-state index is -4.50. The van der Waals surface area contributed by atoms with Crippen molar-refractivity contribution in [2.45, 2.75) is 80.0 Å². The molecule has 0 radical (unpaired) electrons. The Kier molecular flexibility index (Phi) is 15.1. The van der Waals surface area contributed by atoms with E-state index in [0.717, 1.165) is 63.2 Å². The first-order valence-corrected chi connectivity index (χ1v) is 26.6. The van der Waals surface area contributed by atoms with Crippen LogP contribution in [0.5, 0.6) is 0 Å². The van der Waals surface area contributed by atoms with Crippen LogP contribution < -0.4 is 20.4 Å². The molecule has 1 aromatic heterocycles. The first-order chi connectivity index (χ1) is 33.3. The van der Waals surface area contributed by atoms with Gasteiger partial charge in [-0.3, -0.25) is 9.11 Å². The number of hydrogen-bond donors (Lipinski definition) is 4. The molecule has 4 N–H and O–H groups in total. The van der Waals surface area contributed by atoms with Crippen molar-refractivity contribution in [3.8, 4) is 0 Å². The summed E-state index contributed by atoms with van der Waals surface area (Å²) >= 11 is 1.61. The van der Waals surface area contributed by atoms with Gasteiger partial charge in [0.05, 0.1) is 22.7 Å². The van der Waals surface area contributed by atoms with Crippen molar-refractivity contribution in [1.29, 1.82) is 0 Å². The molecule has 1 aliphatic rings. The van der Waals surface area contributed by atoms with Crippen molar-refractivity contribution < 1.29 is 25.9 Å². The number of azo groups is 2. The van der Waals surface area contributed by atoms with E-state index in [1.54, 1.807) is 60.3 Å². The zero-order chi connectivity index (χ0) is 48.7. The molecule has 1 fully saturated rings. The predicted molar refractivity (Wildman–Crippen MR) is 275 cm³/mol. The van der Waals surface area contributed by atoms with Crippen LogP contribution in [0, 0.1) is 0 Å². The zero-order valence-corrected chi connectivity index (χ0v) is 41.1. The van der Waals surface area contributed by atoms with E-state index in [1.165, 1.54) is 30.7 Å². The third kappa shape index (κ3) is 11.5. The molecular weight excluding hydrogens is 935 g/mol. The number of anilines is 6. The molecule has 7 aromatic rings. The van der Waals surface area contributed by atoms with E-state index in [4.69, 9.17) is 15.0 Å². The first kappa shape index (κ1) is 48.9. The molecule has 0 saturated heterocycles. The van der Waals surface area contributed by atoms with E-state index in [1.807, 2.05) is 36.4 Å². The van der Waals surface area contributed by atoms with Gasteiger partial charge in [0, 0.05) is 64.3 Å². The average molecular weight is 988 g/mol. The van der Waals surface area contributed by atoms with Gasteiger partial charge in [-0.1, -0.05) is 79.6 Å². The summed E-state index contributed by atoms with van der Waals surface area (Å²) in [5.41, 5.74) is 4.68. The minimum Gasteiger partial charge on any atom is -0.372 e. The van der Waals surface area contributed by atoms with Gasteiger partial charge in [0.15, 0.2) is 5.16 Å². The Labute approximate surface area is 406 Å². The van der Waals surface area contributed by atoms with Crippen LogP contribution >= 0.6 is 11.8 Å². The Morgan fingerprint density at radius 3 is 1.33 bits per heavy atom. The summed E-state index contributed by atoms with van der Waals surface area (Å²) in [5, 5.41) is 27.9. The molecule has 17 nitrogen and oxygen atoms in total. The van der Waals surface area contributed by atoms with E-state index in [0.29, 0.717) is 66.1 Å². The van der Waals surface area contributed by atoms with Crippen LogP contribution in [0.3, 0.4) is 0 Å². The fraction of sp³-hybridized carbons (Fsp3) is 0.286. The molecule has 0 amide bonds. The maximum atomic E-state index is 12.2. The van der Waals surface area contributed by atoms with Gasteiger partial charge >= 0.3 is 0 Å². The van der Waals surface area contributed by atoms with Gasteiger partial charge in [0.1, 0.15) is 21.2 Å². The fourth-order valence-corrected chi connectivity index (χ4v) is 11.0. The van der Waals surface area contributed by atoms with Crippen molar-refractivity contribution in [3.63, 3.8) is 0 Å². The lowest BCUT2D eigenvalue weighted by atomic mass is 10.0. The largest absolute Gasteiger partial charge is 0.372 e. The van der Waals surface area contributed by atoms with Gasteiger partial charge < -0.3 is 20.4 Å². The SMILES string of the molecule is CCN(CC)c1ccc(N=Nc2ccc(S(=O)(=O)O)c3ccccc23)c(Nc2nc(Nc3cc(N(CC)CC)ccc3N=Nc3ccc(S(=O)(=O)O)c4ccccc34)nc(SC3CCCCC3)n2)c1. The number of hydrogen-bond acceptors (Lipinski definition) is 16. The second-order valence-corrected chi connectivity index (χ2v) is 20.3. The molecule has 69 heavy (non-hydrogen) atoms. The summed E-state index contributed by atoms with van der Waals surface area (Å²) in [6.07, 6.45) is 5.51. The molecule has 0 spiro atoms. The lowest BCUT2D eigenvalue weighted by molar-refractivity contribution is 0.482. The molecule has 0 unspecified atom stereocenters. The number of fused-ring (bicyclic) bond motifs is 2. The van der Waals surface area contributed by atoms with Crippen molar-refractivity contribution in [2.75, 3.05) is 46.6 Å². The highest BCUT2D eigenvalue weighted by molar-refractivity contribution is 7.99. The summed E-state index contributed by atoms with van der Waals surface area (Å²) in [6.45, 7) is 11.3. The topological polar surface area (TPSA) is 227 Å². The fourth-order valence-electron chi connectivity index (χ4n) is 8.44. The van der Waals surface area contributed by atoms with Crippen LogP contribution in [0.1, 0.15) is 59.8 Å². The molecule has 6 aromatic carbocycles. The van der Waals surface area contributed by atoms with Gasteiger partial charge in [-0.2, -0.15) is 31.8 Å². The third-order valence-electron chi connectivity index (χ3n) is 12.0. The molecule has 20 heteroatoms. The van der Waals surface area contributed by atoms with Gasteiger partial charge in [-0.25, -0.2) is 0 Å². The Hall–Kier alpha value is -6.58. The number of nitrogens with one attached hydrogen (secondary N) is 2. The van der Waals surface area contributed by atoms with Crippen LogP contribution in [0.15, 0.2) is 145 Å². The van der Waals surface area contributed by atoms with E-state index in [-0.39, 0.29) is 21.7 Å². The molecule has 1 aliphatic carbocycles. The number of nitrogens with zero attached hydrogens (tertiary/aromatic N) is 9. The quantitative estimate of drug-likeness (QED) is 0.0463. The lowest BCUT2D eigenvalue weighted by Gasteiger charge is -2.23. The summed E-state index contributed by atoms with van der Waals surface area (Å²) in [7, 11) is -8.99. The highest BCUT2D eigenvalue weighted by Gasteiger charge is 2.21. The van der Waals surface area contributed by atoms with Crippen LogP contribution in [-0.2, 0) is 20.2 Å².